The topological polar surface area (TPSA) is 47.6 Å². The molecule has 1 heterocycles. The molecule has 19 heavy (non-hydrogen) atoms. The number of carbonyl (C=O) groups is 1. The van der Waals surface area contributed by atoms with E-state index in [-0.39, 0.29) is 5.97 Å². The first-order valence-corrected chi connectivity index (χ1v) is 7.16. The molecule has 2 rings (SSSR count). The van der Waals surface area contributed by atoms with Crippen LogP contribution in [0, 0.1) is 0 Å². The summed E-state index contributed by atoms with van der Waals surface area (Å²) >= 11 is 3.49. The van der Waals surface area contributed by atoms with Crippen molar-refractivity contribution in [2.24, 2.45) is 0 Å². The third-order valence-corrected chi connectivity index (χ3v) is 4.08. The van der Waals surface area contributed by atoms with Crippen molar-refractivity contribution in [3.05, 3.63) is 28.7 Å². The molecule has 4 nitrogen and oxygen atoms in total. The standard InChI is InChI=1S/C14H18BrNO3/c1-18-13(17)14(7-4-9-19-10-8-14)16-12-6-3-2-5-11(12)15/h2-3,5-6,16H,4,7-10H2,1H3. The number of para-hydroxylation sites is 1. The maximum Gasteiger partial charge on any atom is 0.331 e. The Bertz CT molecular complexity index is 442. The van der Waals surface area contributed by atoms with Crippen molar-refractivity contribution in [1.29, 1.82) is 0 Å². The van der Waals surface area contributed by atoms with Crippen molar-refractivity contribution in [1.82, 2.24) is 0 Å². The Hall–Kier alpha value is -1.07. The number of esters is 1. The number of benzene rings is 1. The van der Waals surface area contributed by atoms with Crippen molar-refractivity contribution < 1.29 is 14.3 Å². The molecule has 1 aliphatic heterocycles. The molecular formula is C14H18BrNO3. The second-order valence-electron chi connectivity index (χ2n) is 4.64. The Labute approximate surface area is 121 Å². The zero-order valence-corrected chi connectivity index (χ0v) is 12.5. The minimum Gasteiger partial charge on any atom is -0.467 e. The number of hydrogen-bond donors (Lipinski definition) is 1. The largest absolute Gasteiger partial charge is 0.467 e. The smallest absolute Gasteiger partial charge is 0.331 e. The summed E-state index contributed by atoms with van der Waals surface area (Å²) in [5.41, 5.74) is 0.199. The molecule has 1 fully saturated rings. The molecule has 0 aromatic heterocycles. The highest BCUT2D eigenvalue weighted by Gasteiger charge is 2.40. The van der Waals surface area contributed by atoms with Crippen LogP contribution in [-0.2, 0) is 14.3 Å². The second kappa shape index (κ2) is 6.39. The normalized spacial score (nSPS) is 23.5. The molecule has 1 saturated heterocycles. The zero-order chi connectivity index (χ0) is 13.7. The summed E-state index contributed by atoms with van der Waals surface area (Å²) in [6.45, 7) is 1.25. The lowest BCUT2D eigenvalue weighted by Crippen LogP contribution is -2.47. The molecule has 5 heteroatoms. The van der Waals surface area contributed by atoms with Crippen LogP contribution in [0.25, 0.3) is 0 Å². The molecular weight excluding hydrogens is 310 g/mol. The van der Waals surface area contributed by atoms with Crippen LogP contribution in [0.4, 0.5) is 5.69 Å². The average molecular weight is 328 g/mol. The lowest BCUT2D eigenvalue weighted by atomic mass is 9.90. The molecule has 0 radical (unpaired) electrons. The summed E-state index contributed by atoms with van der Waals surface area (Å²) < 4.78 is 11.4. The fourth-order valence-corrected chi connectivity index (χ4v) is 2.73. The molecule has 0 saturated carbocycles. The van der Waals surface area contributed by atoms with Crippen molar-refractivity contribution in [3.8, 4) is 0 Å². The zero-order valence-electron chi connectivity index (χ0n) is 10.9. The third-order valence-electron chi connectivity index (χ3n) is 3.39. The fraction of sp³-hybridized carbons (Fsp3) is 0.500. The van der Waals surface area contributed by atoms with Crippen LogP contribution in [0.2, 0.25) is 0 Å². The number of nitrogens with one attached hydrogen (secondary N) is 1. The monoisotopic (exact) mass is 327 g/mol. The molecule has 104 valence electrons. The molecule has 1 N–H and O–H groups in total. The van der Waals surface area contributed by atoms with Crippen molar-refractivity contribution in [2.45, 2.75) is 24.8 Å². The van der Waals surface area contributed by atoms with Crippen LogP contribution in [0.3, 0.4) is 0 Å². The molecule has 0 bridgehead atoms. The van der Waals surface area contributed by atoms with E-state index in [1.807, 2.05) is 24.3 Å². The van der Waals surface area contributed by atoms with Gasteiger partial charge in [0, 0.05) is 29.8 Å². The molecule has 1 unspecified atom stereocenters. The first-order chi connectivity index (χ1) is 9.18. The minimum absolute atomic E-state index is 0.228. The number of carbonyl (C=O) groups excluding carboxylic acids is 1. The van der Waals surface area contributed by atoms with Gasteiger partial charge in [0.2, 0.25) is 0 Å². The first kappa shape index (κ1) is 14.3. The van der Waals surface area contributed by atoms with E-state index < -0.39 is 5.54 Å². The average Bonchev–Trinajstić information content (AvgIpc) is 2.67. The van der Waals surface area contributed by atoms with Gasteiger partial charge in [0.25, 0.3) is 0 Å². The number of ether oxygens (including phenoxy) is 2. The van der Waals surface area contributed by atoms with Crippen molar-refractivity contribution >= 4 is 27.6 Å². The SMILES string of the molecule is COC(=O)C1(Nc2ccccc2Br)CCCOCC1. The van der Waals surface area contributed by atoms with Crippen molar-refractivity contribution in [3.63, 3.8) is 0 Å². The summed E-state index contributed by atoms with van der Waals surface area (Å²) in [6.07, 6.45) is 2.16. The van der Waals surface area contributed by atoms with Gasteiger partial charge in [-0.15, -0.1) is 0 Å². The summed E-state index contributed by atoms with van der Waals surface area (Å²) in [5.74, 6) is -0.228. The Kier molecular flexibility index (Phi) is 4.82. The van der Waals surface area contributed by atoms with E-state index in [0.29, 0.717) is 26.1 Å². The van der Waals surface area contributed by atoms with Crippen LogP contribution >= 0.6 is 15.9 Å². The third kappa shape index (κ3) is 3.28. The lowest BCUT2D eigenvalue weighted by Gasteiger charge is -2.31. The number of hydrogen-bond acceptors (Lipinski definition) is 4. The quantitative estimate of drug-likeness (QED) is 0.867. The van der Waals surface area contributed by atoms with Gasteiger partial charge in [-0.1, -0.05) is 12.1 Å². The predicted octanol–water partition coefficient (Wildman–Crippen LogP) is 2.97. The van der Waals surface area contributed by atoms with Gasteiger partial charge >= 0.3 is 5.97 Å². The summed E-state index contributed by atoms with van der Waals surface area (Å²) in [6, 6.07) is 7.77. The van der Waals surface area contributed by atoms with E-state index in [9.17, 15) is 4.79 Å². The number of rotatable bonds is 3. The number of halogens is 1. The number of methoxy groups -OCH3 is 1. The van der Waals surface area contributed by atoms with Gasteiger partial charge in [0.1, 0.15) is 5.54 Å². The van der Waals surface area contributed by atoms with Gasteiger partial charge in [-0.25, -0.2) is 4.79 Å². The molecule has 1 aromatic carbocycles. The fourth-order valence-electron chi connectivity index (χ4n) is 2.35. The van der Waals surface area contributed by atoms with Gasteiger partial charge in [-0.2, -0.15) is 0 Å². The van der Waals surface area contributed by atoms with Gasteiger partial charge in [-0.3, -0.25) is 0 Å². The van der Waals surface area contributed by atoms with E-state index in [0.717, 1.165) is 16.6 Å². The summed E-state index contributed by atoms with van der Waals surface area (Å²) in [5, 5.41) is 3.35. The Morgan fingerprint density at radius 3 is 2.89 bits per heavy atom. The molecule has 0 spiro atoms. The second-order valence-corrected chi connectivity index (χ2v) is 5.50. The van der Waals surface area contributed by atoms with Crippen LogP contribution in [0.1, 0.15) is 19.3 Å². The maximum atomic E-state index is 12.2. The van der Waals surface area contributed by atoms with Crippen LogP contribution in [-0.4, -0.2) is 31.8 Å². The lowest BCUT2D eigenvalue weighted by molar-refractivity contribution is -0.146. The molecule has 1 atom stereocenters. The van der Waals surface area contributed by atoms with E-state index >= 15 is 0 Å². The summed E-state index contributed by atoms with van der Waals surface area (Å²) in [7, 11) is 1.43. The van der Waals surface area contributed by atoms with E-state index in [4.69, 9.17) is 9.47 Å². The van der Waals surface area contributed by atoms with Crippen LogP contribution < -0.4 is 5.32 Å². The highest BCUT2D eigenvalue weighted by molar-refractivity contribution is 9.10. The predicted molar refractivity (Wildman–Crippen MR) is 77.2 cm³/mol. The molecule has 1 aliphatic rings. The molecule has 0 amide bonds. The molecule has 0 aliphatic carbocycles. The molecule has 1 aromatic rings. The van der Waals surface area contributed by atoms with E-state index in [1.54, 1.807) is 0 Å². The Morgan fingerprint density at radius 2 is 2.16 bits per heavy atom. The van der Waals surface area contributed by atoms with Gasteiger partial charge in [-0.05, 0) is 40.9 Å². The van der Waals surface area contributed by atoms with Crippen LogP contribution in [0.5, 0.6) is 0 Å². The van der Waals surface area contributed by atoms with E-state index in [1.165, 1.54) is 7.11 Å². The summed E-state index contributed by atoms with van der Waals surface area (Å²) in [4.78, 5) is 12.2. The van der Waals surface area contributed by atoms with Gasteiger partial charge in [0.05, 0.1) is 7.11 Å². The maximum absolute atomic E-state index is 12.2. The number of anilines is 1. The Balaban J connectivity index is 2.27. The van der Waals surface area contributed by atoms with Crippen LogP contribution in [0.15, 0.2) is 28.7 Å². The minimum atomic E-state index is -0.699. The highest BCUT2D eigenvalue weighted by Crippen LogP contribution is 2.31. The Morgan fingerprint density at radius 1 is 1.37 bits per heavy atom. The highest BCUT2D eigenvalue weighted by atomic mass is 79.9. The van der Waals surface area contributed by atoms with E-state index in [2.05, 4.69) is 21.2 Å². The van der Waals surface area contributed by atoms with Crippen molar-refractivity contribution in [2.75, 3.05) is 25.6 Å². The van der Waals surface area contributed by atoms with Gasteiger partial charge < -0.3 is 14.8 Å². The van der Waals surface area contributed by atoms with Gasteiger partial charge in [0.15, 0.2) is 0 Å². The first-order valence-electron chi connectivity index (χ1n) is 6.37.